The zero-order chi connectivity index (χ0) is 21.8. The molecule has 7 heteroatoms. The van der Waals surface area contributed by atoms with E-state index >= 15 is 0 Å². The molecule has 0 spiro atoms. The molecule has 0 fully saturated rings. The highest BCUT2D eigenvalue weighted by Crippen LogP contribution is 2.45. The number of Topliss-reactive ketones (excluding diaryl/α,β-unsaturated/α-hetero) is 1. The van der Waals surface area contributed by atoms with Gasteiger partial charge in [-0.1, -0.05) is 108 Å². The normalized spacial score (nSPS) is 14.1. The minimum absolute atomic E-state index is 0.568. The zero-order valence-corrected chi connectivity index (χ0v) is 19.4. The largest absolute Gasteiger partial charge is 0.297 e. The molecule has 3 rings (SSSR count). The van der Waals surface area contributed by atoms with Gasteiger partial charge in [0.2, 0.25) is 11.1 Å². The Hall–Kier alpha value is -1.61. The highest BCUT2D eigenvalue weighted by molar-refractivity contribution is 7.76. The topological polar surface area (TPSA) is 46.2 Å². The fraction of sp³-hybridized carbons (Fsp3) is 0.174. The molecule has 0 radical (unpaired) electrons. The predicted octanol–water partition coefficient (Wildman–Crippen LogP) is 5.82. The van der Waals surface area contributed by atoms with E-state index in [1.54, 1.807) is 6.92 Å². The Bertz CT molecular complexity index is 981. The molecular weight excluding hydrogens is 460 g/mol. The van der Waals surface area contributed by atoms with Crippen molar-refractivity contribution < 1.29 is 9.36 Å². The molecule has 3 aromatic carbocycles. The molecule has 3 nitrogen and oxygen atoms in total. The average molecular weight is 481 g/mol. The van der Waals surface area contributed by atoms with Gasteiger partial charge in [-0.2, -0.15) is 0 Å². The van der Waals surface area contributed by atoms with Crippen molar-refractivity contribution in [1.29, 1.82) is 0 Å². The number of alkyl halides is 3. The number of nitrogens with one attached hydrogen (secondary N) is 1. The van der Waals surface area contributed by atoms with Crippen LogP contribution in [0.5, 0.6) is 0 Å². The highest BCUT2D eigenvalue weighted by atomic mass is 35.6. The maximum absolute atomic E-state index is 14.5. The van der Waals surface area contributed by atoms with Gasteiger partial charge < -0.3 is 0 Å². The number of benzene rings is 3. The van der Waals surface area contributed by atoms with Crippen LogP contribution in [0.1, 0.15) is 18.5 Å². The zero-order valence-electron chi connectivity index (χ0n) is 16.2. The summed E-state index contributed by atoms with van der Waals surface area (Å²) in [4.78, 5) is 12.8. The Labute approximate surface area is 191 Å². The van der Waals surface area contributed by atoms with Crippen LogP contribution < -0.4 is 15.7 Å². The average Bonchev–Trinajstić information content (AvgIpc) is 2.77. The Morgan fingerprint density at radius 3 is 1.60 bits per heavy atom. The Kier molecular flexibility index (Phi) is 7.44. The monoisotopic (exact) mass is 479 g/mol. The Morgan fingerprint density at radius 1 is 0.800 bits per heavy atom. The van der Waals surface area contributed by atoms with Crippen LogP contribution in [0.2, 0.25) is 0 Å². The smallest absolute Gasteiger partial charge is 0.249 e. The summed E-state index contributed by atoms with van der Waals surface area (Å²) in [6.07, 6.45) is 0. The number of halogens is 3. The predicted molar refractivity (Wildman–Crippen MR) is 127 cm³/mol. The van der Waals surface area contributed by atoms with Crippen LogP contribution in [0.25, 0.3) is 0 Å². The van der Waals surface area contributed by atoms with Gasteiger partial charge in [0, 0.05) is 22.6 Å². The van der Waals surface area contributed by atoms with Gasteiger partial charge in [-0.05, 0) is 29.8 Å². The third-order valence-corrected chi connectivity index (χ3v) is 8.16. The van der Waals surface area contributed by atoms with Crippen molar-refractivity contribution in [2.75, 3.05) is 0 Å². The van der Waals surface area contributed by atoms with Crippen molar-refractivity contribution >= 4 is 58.5 Å². The maximum Gasteiger partial charge on any atom is 0.249 e. The van der Waals surface area contributed by atoms with Crippen molar-refractivity contribution in [3.05, 3.63) is 96.6 Å². The van der Waals surface area contributed by atoms with Gasteiger partial charge in [0.25, 0.3) is 0 Å². The van der Waals surface area contributed by atoms with E-state index < -0.39 is 28.8 Å². The van der Waals surface area contributed by atoms with Gasteiger partial charge in [-0.15, -0.1) is 0 Å². The van der Waals surface area contributed by atoms with Crippen molar-refractivity contribution in [1.82, 2.24) is 5.09 Å². The molecule has 0 saturated heterocycles. The van der Waals surface area contributed by atoms with E-state index in [1.807, 2.05) is 91.0 Å². The fourth-order valence-corrected chi connectivity index (χ4v) is 6.38. The van der Waals surface area contributed by atoms with Crippen LogP contribution in [0, 0.1) is 5.92 Å². The van der Waals surface area contributed by atoms with Gasteiger partial charge in [0.1, 0.15) is 0 Å². The summed E-state index contributed by atoms with van der Waals surface area (Å²) < 4.78 is 12.4. The number of hydrogen-bond donors (Lipinski definition) is 1. The lowest BCUT2D eigenvalue weighted by Crippen LogP contribution is -2.39. The molecule has 0 aromatic heterocycles. The number of carbonyl (C=O) groups excluding carboxylic acids is 1. The Morgan fingerprint density at radius 2 is 1.20 bits per heavy atom. The molecule has 1 N–H and O–H groups in total. The third kappa shape index (κ3) is 5.17. The first kappa shape index (κ1) is 23.1. The van der Waals surface area contributed by atoms with Gasteiger partial charge in [-0.25, -0.2) is 0 Å². The van der Waals surface area contributed by atoms with Crippen LogP contribution in [0.15, 0.2) is 91.0 Å². The molecule has 0 unspecified atom stereocenters. The maximum atomic E-state index is 14.5. The molecule has 156 valence electrons. The van der Waals surface area contributed by atoms with Crippen LogP contribution in [0.3, 0.4) is 0 Å². The van der Waals surface area contributed by atoms with E-state index in [0.717, 1.165) is 5.56 Å². The Balaban J connectivity index is 2.12. The van der Waals surface area contributed by atoms with E-state index in [1.165, 1.54) is 0 Å². The van der Waals surface area contributed by atoms with Crippen molar-refractivity contribution in [3.8, 4) is 0 Å². The van der Waals surface area contributed by atoms with Crippen molar-refractivity contribution in [2.45, 2.75) is 16.8 Å². The summed E-state index contributed by atoms with van der Waals surface area (Å²) in [6, 6.07) is 27.0. The van der Waals surface area contributed by atoms with Crippen LogP contribution >= 0.6 is 42.1 Å². The number of carbonyl (C=O) groups is 1. The number of hydrogen-bond acceptors (Lipinski definition) is 2. The minimum atomic E-state index is -3.32. The summed E-state index contributed by atoms with van der Waals surface area (Å²) in [6.45, 7) is 1.68. The summed E-state index contributed by atoms with van der Waals surface area (Å²) in [5.41, 5.74) is 0.777. The molecule has 0 aliphatic rings. The molecule has 2 atom stereocenters. The molecule has 0 aliphatic carbocycles. The molecule has 3 aromatic rings. The summed E-state index contributed by atoms with van der Waals surface area (Å²) in [7, 11) is -3.32. The van der Waals surface area contributed by atoms with Crippen LogP contribution in [-0.4, -0.2) is 9.58 Å². The first-order valence-corrected chi connectivity index (χ1v) is 12.2. The summed E-state index contributed by atoms with van der Waals surface area (Å²) in [5.74, 6) is -1.32. The van der Waals surface area contributed by atoms with E-state index in [0.29, 0.717) is 10.6 Å². The number of rotatable bonds is 7. The molecule has 0 saturated carbocycles. The molecule has 0 bridgehead atoms. The highest BCUT2D eigenvalue weighted by Gasteiger charge is 2.41. The van der Waals surface area contributed by atoms with Gasteiger partial charge in [-0.3, -0.25) is 14.4 Å². The molecule has 0 aliphatic heterocycles. The summed E-state index contributed by atoms with van der Waals surface area (Å²) in [5, 5.41) is 4.55. The van der Waals surface area contributed by atoms with E-state index in [4.69, 9.17) is 34.8 Å². The standard InChI is InChI=1S/C23H21Cl3NO2P/c1-17(22(28)23(24,25)26)21(18-11-5-2-6-12-18)27-30(29,19-13-7-3-8-14-19)20-15-9-4-10-16-20/h2-17,21H,1H3,(H,27,29)/t17-,21-/m0/s1. The van der Waals surface area contributed by atoms with Gasteiger partial charge in [0.15, 0.2) is 5.78 Å². The second kappa shape index (κ2) is 9.68. The van der Waals surface area contributed by atoms with Gasteiger partial charge >= 0.3 is 0 Å². The van der Waals surface area contributed by atoms with E-state index in [-0.39, 0.29) is 0 Å². The van der Waals surface area contributed by atoms with Crippen LogP contribution in [0.4, 0.5) is 0 Å². The summed E-state index contributed by atoms with van der Waals surface area (Å²) >= 11 is 17.7. The van der Waals surface area contributed by atoms with Crippen LogP contribution in [-0.2, 0) is 9.36 Å². The lowest BCUT2D eigenvalue weighted by molar-refractivity contribution is -0.122. The van der Waals surface area contributed by atoms with Crippen molar-refractivity contribution in [2.24, 2.45) is 5.92 Å². The van der Waals surface area contributed by atoms with Crippen molar-refractivity contribution in [3.63, 3.8) is 0 Å². The van der Waals surface area contributed by atoms with Gasteiger partial charge in [0.05, 0.1) is 0 Å². The molecular formula is C23H21Cl3NO2P. The van der Waals surface area contributed by atoms with E-state index in [9.17, 15) is 9.36 Å². The first-order valence-electron chi connectivity index (χ1n) is 9.38. The first-order chi connectivity index (χ1) is 14.2. The quantitative estimate of drug-likeness (QED) is 0.342. The molecule has 30 heavy (non-hydrogen) atoms. The SMILES string of the molecule is C[C@H](C(=O)C(Cl)(Cl)Cl)[C@H](NP(=O)(c1ccccc1)c1ccccc1)c1ccccc1. The lowest BCUT2D eigenvalue weighted by atomic mass is 9.92. The third-order valence-electron chi connectivity index (χ3n) is 4.91. The second-order valence-electron chi connectivity index (χ2n) is 6.95. The lowest BCUT2D eigenvalue weighted by Gasteiger charge is -2.31. The molecule has 0 amide bonds. The fourth-order valence-electron chi connectivity index (χ4n) is 3.31. The number of ketones is 1. The minimum Gasteiger partial charge on any atom is -0.297 e. The molecule has 0 heterocycles. The van der Waals surface area contributed by atoms with E-state index in [2.05, 4.69) is 5.09 Å². The second-order valence-corrected chi connectivity index (χ2v) is 11.7.